The van der Waals surface area contributed by atoms with Gasteiger partial charge in [-0.1, -0.05) is 34.8 Å². The van der Waals surface area contributed by atoms with Crippen molar-refractivity contribution in [2.24, 2.45) is 0 Å². The Kier molecular flexibility index (Phi) is 4.88. The minimum Gasteiger partial charge on any atom is -0.380 e. The van der Waals surface area contributed by atoms with Crippen LogP contribution in [0.2, 0.25) is 15.1 Å². The zero-order valence-electron chi connectivity index (χ0n) is 11.4. The van der Waals surface area contributed by atoms with Gasteiger partial charge in [-0.2, -0.15) is 21.5 Å². The lowest BCUT2D eigenvalue weighted by molar-refractivity contribution is 0.803. The van der Waals surface area contributed by atoms with Gasteiger partial charge in [0.25, 0.3) is 5.56 Å². The molecule has 22 heavy (non-hydrogen) atoms. The van der Waals surface area contributed by atoms with E-state index >= 15 is 0 Å². The number of hydrogen-bond acceptors (Lipinski definition) is 4. The van der Waals surface area contributed by atoms with Crippen molar-refractivity contribution in [2.45, 2.75) is 12.5 Å². The molecule has 0 spiro atoms. The first-order valence-corrected chi connectivity index (χ1v) is 8.92. The standard InChI is InChI=1S/C14H12Cl3N3OS/c15-10-5-9(20-14(21)13(17)11(16)6-18-20)1-2-12(10)19-8-3-4-22-7-8/h1-2,5-6,8,19H,3-4,7H2. The summed E-state index contributed by atoms with van der Waals surface area (Å²) < 4.78 is 1.18. The third kappa shape index (κ3) is 3.23. The fraction of sp³-hybridized carbons (Fsp3) is 0.286. The summed E-state index contributed by atoms with van der Waals surface area (Å²) in [5.74, 6) is 2.24. The molecule has 0 amide bonds. The second-order valence-corrected chi connectivity index (χ2v) is 7.23. The number of anilines is 1. The van der Waals surface area contributed by atoms with Crippen LogP contribution in [0.1, 0.15) is 6.42 Å². The first kappa shape index (κ1) is 16.0. The average molecular weight is 377 g/mol. The average Bonchev–Trinajstić information content (AvgIpc) is 3.00. The van der Waals surface area contributed by atoms with Gasteiger partial charge >= 0.3 is 0 Å². The van der Waals surface area contributed by atoms with Gasteiger partial charge < -0.3 is 5.32 Å². The number of nitrogens with zero attached hydrogens (tertiary/aromatic N) is 2. The third-order valence-corrected chi connectivity index (χ3v) is 5.59. The molecule has 1 fully saturated rings. The summed E-state index contributed by atoms with van der Waals surface area (Å²) in [6, 6.07) is 5.73. The molecule has 1 atom stereocenters. The van der Waals surface area contributed by atoms with Gasteiger partial charge in [0.15, 0.2) is 0 Å². The molecular formula is C14H12Cl3N3OS. The predicted molar refractivity (Wildman–Crippen MR) is 94.2 cm³/mol. The van der Waals surface area contributed by atoms with E-state index < -0.39 is 5.56 Å². The smallest absolute Gasteiger partial charge is 0.291 e. The predicted octanol–water partition coefficient (Wildman–Crippen LogP) is 4.11. The maximum atomic E-state index is 12.1. The summed E-state index contributed by atoms with van der Waals surface area (Å²) in [5, 5.41) is 8.01. The van der Waals surface area contributed by atoms with E-state index in [0.29, 0.717) is 16.8 Å². The highest BCUT2D eigenvalue weighted by Gasteiger charge is 2.17. The van der Waals surface area contributed by atoms with E-state index in [0.717, 1.165) is 23.6 Å². The molecule has 1 unspecified atom stereocenters. The SMILES string of the molecule is O=c1c(Cl)c(Cl)cnn1-c1ccc(NC2CCSC2)c(Cl)c1. The van der Waals surface area contributed by atoms with Gasteiger partial charge in [0.2, 0.25) is 0 Å². The van der Waals surface area contributed by atoms with E-state index in [-0.39, 0.29) is 10.0 Å². The van der Waals surface area contributed by atoms with Gasteiger partial charge in [0, 0.05) is 11.8 Å². The molecule has 0 aliphatic carbocycles. The van der Waals surface area contributed by atoms with Crippen molar-refractivity contribution in [3.8, 4) is 5.69 Å². The highest BCUT2D eigenvalue weighted by Crippen LogP contribution is 2.28. The number of halogens is 3. The Morgan fingerprint density at radius 3 is 2.77 bits per heavy atom. The number of benzene rings is 1. The first-order chi connectivity index (χ1) is 10.6. The van der Waals surface area contributed by atoms with Crippen molar-refractivity contribution in [1.82, 2.24) is 9.78 Å². The Bertz CT molecular complexity index is 759. The van der Waals surface area contributed by atoms with E-state index in [9.17, 15) is 4.79 Å². The number of nitrogens with one attached hydrogen (secondary N) is 1. The molecule has 1 aliphatic rings. The highest BCUT2D eigenvalue weighted by atomic mass is 35.5. The van der Waals surface area contributed by atoms with Crippen LogP contribution in [-0.2, 0) is 0 Å². The van der Waals surface area contributed by atoms with Crippen LogP contribution < -0.4 is 10.9 Å². The van der Waals surface area contributed by atoms with Crippen molar-refractivity contribution in [2.75, 3.05) is 16.8 Å². The summed E-state index contributed by atoms with van der Waals surface area (Å²) in [4.78, 5) is 12.1. The molecule has 0 radical (unpaired) electrons. The van der Waals surface area contributed by atoms with Crippen LogP contribution >= 0.6 is 46.6 Å². The minimum absolute atomic E-state index is 0.0574. The van der Waals surface area contributed by atoms with Crippen molar-refractivity contribution >= 4 is 52.3 Å². The zero-order chi connectivity index (χ0) is 15.7. The largest absolute Gasteiger partial charge is 0.380 e. The maximum absolute atomic E-state index is 12.1. The molecule has 1 aromatic heterocycles. The van der Waals surface area contributed by atoms with Gasteiger partial charge in [-0.3, -0.25) is 4.79 Å². The van der Waals surface area contributed by atoms with E-state index in [2.05, 4.69) is 10.4 Å². The second-order valence-electron chi connectivity index (χ2n) is 4.89. The molecule has 0 bridgehead atoms. The van der Waals surface area contributed by atoms with Crippen molar-refractivity contribution in [3.63, 3.8) is 0 Å². The molecule has 116 valence electrons. The highest BCUT2D eigenvalue weighted by molar-refractivity contribution is 7.99. The van der Waals surface area contributed by atoms with Gasteiger partial charge in [-0.15, -0.1) is 0 Å². The number of aromatic nitrogens is 2. The summed E-state index contributed by atoms with van der Waals surface area (Å²) in [6.45, 7) is 0. The van der Waals surface area contributed by atoms with Crippen molar-refractivity contribution in [3.05, 3.63) is 49.8 Å². The fourth-order valence-electron chi connectivity index (χ4n) is 2.22. The molecule has 1 aromatic carbocycles. The lowest BCUT2D eigenvalue weighted by Crippen LogP contribution is -2.22. The Morgan fingerprint density at radius 1 is 1.27 bits per heavy atom. The molecule has 3 rings (SSSR count). The molecule has 2 heterocycles. The molecular weight excluding hydrogens is 365 g/mol. The van der Waals surface area contributed by atoms with Crippen LogP contribution in [0, 0.1) is 0 Å². The molecule has 0 saturated carbocycles. The molecule has 1 N–H and O–H groups in total. The zero-order valence-corrected chi connectivity index (χ0v) is 14.4. The number of thioether (sulfide) groups is 1. The van der Waals surface area contributed by atoms with E-state index in [1.54, 1.807) is 12.1 Å². The lowest BCUT2D eigenvalue weighted by Gasteiger charge is -2.15. The Labute approximate surface area is 146 Å². The summed E-state index contributed by atoms with van der Waals surface area (Å²) in [5.41, 5.74) is 0.920. The van der Waals surface area contributed by atoms with Crippen molar-refractivity contribution in [1.29, 1.82) is 0 Å². The number of hydrogen-bond donors (Lipinski definition) is 1. The lowest BCUT2D eigenvalue weighted by atomic mass is 10.2. The summed E-state index contributed by atoms with van der Waals surface area (Å²) >= 11 is 19.9. The second kappa shape index (κ2) is 6.71. The van der Waals surface area contributed by atoms with Crippen LogP contribution in [-0.4, -0.2) is 27.3 Å². The summed E-state index contributed by atoms with van der Waals surface area (Å²) in [7, 11) is 0. The van der Waals surface area contributed by atoms with E-state index in [1.807, 2.05) is 17.8 Å². The first-order valence-electron chi connectivity index (χ1n) is 6.64. The molecule has 1 saturated heterocycles. The van der Waals surface area contributed by atoms with Crippen LogP contribution in [0.4, 0.5) is 5.69 Å². The quantitative estimate of drug-likeness (QED) is 0.875. The third-order valence-electron chi connectivity index (χ3n) is 3.36. The van der Waals surface area contributed by atoms with Gasteiger partial charge in [-0.25, -0.2) is 0 Å². The normalized spacial score (nSPS) is 17.7. The van der Waals surface area contributed by atoms with E-state index in [1.165, 1.54) is 10.9 Å². The Hall–Kier alpha value is -0.880. The Morgan fingerprint density at radius 2 is 2.09 bits per heavy atom. The minimum atomic E-state index is -0.474. The van der Waals surface area contributed by atoms with Crippen LogP contribution in [0.3, 0.4) is 0 Å². The maximum Gasteiger partial charge on any atom is 0.291 e. The van der Waals surface area contributed by atoms with Crippen LogP contribution in [0.5, 0.6) is 0 Å². The molecule has 8 heteroatoms. The number of rotatable bonds is 3. The van der Waals surface area contributed by atoms with E-state index in [4.69, 9.17) is 34.8 Å². The summed E-state index contributed by atoms with van der Waals surface area (Å²) in [6.07, 6.45) is 2.46. The Balaban J connectivity index is 1.91. The van der Waals surface area contributed by atoms with Gasteiger partial charge in [-0.05, 0) is 30.4 Å². The molecule has 1 aliphatic heterocycles. The monoisotopic (exact) mass is 375 g/mol. The van der Waals surface area contributed by atoms with Crippen molar-refractivity contribution < 1.29 is 0 Å². The van der Waals surface area contributed by atoms with Crippen LogP contribution in [0.25, 0.3) is 5.69 Å². The van der Waals surface area contributed by atoms with Crippen LogP contribution in [0.15, 0.2) is 29.2 Å². The molecule has 4 nitrogen and oxygen atoms in total. The van der Waals surface area contributed by atoms with Gasteiger partial charge in [0.05, 0.1) is 27.6 Å². The topological polar surface area (TPSA) is 46.9 Å². The molecule has 2 aromatic rings. The fourth-order valence-corrected chi connectivity index (χ4v) is 3.85. The van der Waals surface area contributed by atoms with Gasteiger partial charge in [0.1, 0.15) is 5.02 Å².